The molecule has 3 aromatic rings. The molecule has 116 valence electrons. The Labute approximate surface area is 132 Å². The number of ether oxygens (including phenoxy) is 1. The summed E-state index contributed by atoms with van der Waals surface area (Å²) in [5.74, 6) is 0.886. The summed E-state index contributed by atoms with van der Waals surface area (Å²) in [6, 6.07) is 15.9. The van der Waals surface area contributed by atoms with Gasteiger partial charge in [0.15, 0.2) is 0 Å². The van der Waals surface area contributed by atoms with Gasteiger partial charge < -0.3 is 14.5 Å². The van der Waals surface area contributed by atoms with Gasteiger partial charge in [-0.3, -0.25) is 5.32 Å². The molecule has 2 aromatic carbocycles. The molecule has 0 saturated heterocycles. The van der Waals surface area contributed by atoms with Gasteiger partial charge >= 0.3 is 12.0 Å². The van der Waals surface area contributed by atoms with Crippen molar-refractivity contribution >= 4 is 17.7 Å². The number of benzene rings is 2. The van der Waals surface area contributed by atoms with Crippen molar-refractivity contribution in [3.05, 3.63) is 54.6 Å². The van der Waals surface area contributed by atoms with E-state index in [-0.39, 0.29) is 6.01 Å². The van der Waals surface area contributed by atoms with Crippen LogP contribution >= 0.6 is 0 Å². The number of rotatable bonds is 4. The quantitative estimate of drug-likeness (QED) is 0.771. The molecular formula is C16H14N4O3. The molecule has 0 aliphatic heterocycles. The smallest absolute Gasteiger partial charge is 0.327 e. The lowest BCUT2D eigenvalue weighted by molar-refractivity contribution is 0.261. The molecular weight excluding hydrogens is 296 g/mol. The summed E-state index contributed by atoms with van der Waals surface area (Å²) in [5, 5.41) is 12.8. The van der Waals surface area contributed by atoms with Gasteiger partial charge in [0.1, 0.15) is 5.75 Å². The molecule has 0 spiro atoms. The van der Waals surface area contributed by atoms with Gasteiger partial charge in [0, 0.05) is 5.56 Å². The highest BCUT2D eigenvalue weighted by Crippen LogP contribution is 2.23. The van der Waals surface area contributed by atoms with Gasteiger partial charge in [-0.05, 0) is 24.3 Å². The number of methoxy groups -OCH3 is 1. The van der Waals surface area contributed by atoms with Crippen molar-refractivity contribution in [1.29, 1.82) is 0 Å². The Morgan fingerprint density at radius 2 is 1.74 bits per heavy atom. The number of carbonyl (C=O) groups is 1. The Morgan fingerprint density at radius 3 is 2.52 bits per heavy atom. The van der Waals surface area contributed by atoms with Crippen LogP contribution in [0, 0.1) is 0 Å². The molecule has 0 bridgehead atoms. The van der Waals surface area contributed by atoms with Crippen molar-refractivity contribution in [2.24, 2.45) is 0 Å². The van der Waals surface area contributed by atoms with Crippen LogP contribution in [-0.2, 0) is 0 Å². The summed E-state index contributed by atoms with van der Waals surface area (Å²) in [7, 11) is 1.53. The summed E-state index contributed by atoms with van der Waals surface area (Å²) in [5.41, 5.74) is 1.31. The lowest BCUT2D eigenvalue weighted by Gasteiger charge is -2.09. The third-order valence-electron chi connectivity index (χ3n) is 3.02. The zero-order valence-electron chi connectivity index (χ0n) is 12.3. The Kier molecular flexibility index (Phi) is 4.19. The minimum atomic E-state index is -0.502. The third kappa shape index (κ3) is 3.46. The number of para-hydroxylation sites is 2. The van der Waals surface area contributed by atoms with E-state index in [1.807, 2.05) is 36.4 Å². The van der Waals surface area contributed by atoms with Crippen molar-refractivity contribution in [3.8, 4) is 17.2 Å². The van der Waals surface area contributed by atoms with Crippen LogP contribution in [0.25, 0.3) is 11.5 Å². The topological polar surface area (TPSA) is 89.3 Å². The normalized spacial score (nSPS) is 10.1. The zero-order valence-corrected chi connectivity index (χ0v) is 12.3. The van der Waals surface area contributed by atoms with Crippen molar-refractivity contribution in [2.75, 3.05) is 17.7 Å². The van der Waals surface area contributed by atoms with Crippen LogP contribution < -0.4 is 15.4 Å². The highest BCUT2D eigenvalue weighted by molar-refractivity contribution is 5.99. The van der Waals surface area contributed by atoms with Crippen LogP contribution in [0.2, 0.25) is 0 Å². The first-order chi connectivity index (χ1) is 11.3. The van der Waals surface area contributed by atoms with Gasteiger partial charge in [-0.25, -0.2) is 4.79 Å². The van der Waals surface area contributed by atoms with Crippen LogP contribution in [0.1, 0.15) is 0 Å². The Balaban J connectivity index is 1.68. The van der Waals surface area contributed by atoms with Crippen molar-refractivity contribution in [3.63, 3.8) is 0 Å². The van der Waals surface area contributed by atoms with Crippen LogP contribution in [0.3, 0.4) is 0 Å². The monoisotopic (exact) mass is 310 g/mol. The first-order valence-electron chi connectivity index (χ1n) is 6.86. The van der Waals surface area contributed by atoms with Gasteiger partial charge in [-0.2, -0.15) is 0 Å². The number of nitrogens with one attached hydrogen (secondary N) is 2. The average Bonchev–Trinajstić information content (AvgIpc) is 3.04. The van der Waals surface area contributed by atoms with E-state index in [1.165, 1.54) is 7.11 Å². The SMILES string of the molecule is COc1ccccc1NC(=O)Nc1nnc(-c2ccccc2)o1. The summed E-state index contributed by atoms with van der Waals surface area (Å²) in [6.07, 6.45) is 0. The maximum Gasteiger partial charge on any atom is 0.327 e. The number of carbonyl (C=O) groups excluding carboxylic acids is 1. The molecule has 0 unspecified atom stereocenters. The number of anilines is 2. The average molecular weight is 310 g/mol. The first kappa shape index (κ1) is 14.6. The van der Waals surface area contributed by atoms with E-state index in [0.717, 1.165) is 5.56 Å². The fourth-order valence-corrected chi connectivity index (χ4v) is 1.97. The van der Waals surface area contributed by atoms with E-state index in [4.69, 9.17) is 9.15 Å². The minimum Gasteiger partial charge on any atom is -0.495 e. The van der Waals surface area contributed by atoms with Gasteiger partial charge in [-0.1, -0.05) is 35.4 Å². The van der Waals surface area contributed by atoms with Gasteiger partial charge in [0.25, 0.3) is 0 Å². The molecule has 1 aromatic heterocycles. The standard InChI is InChI=1S/C16H14N4O3/c1-22-13-10-6-5-9-12(13)17-15(21)18-16-20-19-14(23-16)11-7-3-2-4-8-11/h2-10H,1H3,(H2,17,18,20,21). The Hall–Kier alpha value is -3.35. The van der Waals surface area contributed by atoms with E-state index in [0.29, 0.717) is 17.3 Å². The maximum absolute atomic E-state index is 12.0. The van der Waals surface area contributed by atoms with Crippen LogP contribution in [0.4, 0.5) is 16.5 Å². The van der Waals surface area contributed by atoms with E-state index in [9.17, 15) is 4.79 Å². The van der Waals surface area contributed by atoms with E-state index < -0.39 is 6.03 Å². The molecule has 23 heavy (non-hydrogen) atoms. The molecule has 0 fully saturated rings. The maximum atomic E-state index is 12.0. The summed E-state index contributed by atoms with van der Waals surface area (Å²) in [4.78, 5) is 12.0. The van der Waals surface area contributed by atoms with Gasteiger partial charge in [-0.15, -0.1) is 5.10 Å². The molecule has 0 atom stereocenters. The lowest BCUT2D eigenvalue weighted by atomic mass is 10.2. The van der Waals surface area contributed by atoms with Gasteiger partial charge in [0.2, 0.25) is 5.89 Å². The first-order valence-corrected chi connectivity index (χ1v) is 6.86. The molecule has 7 nitrogen and oxygen atoms in total. The number of hydrogen-bond donors (Lipinski definition) is 2. The lowest BCUT2D eigenvalue weighted by Crippen LogP contribution is -2.20. The molecule has 0 saturated carbocycles. The third-order valence-corrected chi connectivity index (χ3v) is 3.02. The summed E-state index contributed by atoms with van der Waals surface area (Å²) in [6.45, 7) is 0. The fourth-order valence-electron chi connectivity index (χ4n) is 1.97. The molecule has 0 aliphatic carbocycles. The Bertz CT molecular complexity index is 802. The predicted octanol–water partition coefficient (Wildman–Crippen LogP) is 3.39. The van der Waals surface area contributed by atoms with Crippen molar-refractivity contribution < 1.29 is 13.9 Å². The highest BCUT2D eigenvalue weighted by Gasteiger charge is 2.12. The minimum absolute atomic E-state index is 0.0104. The number of hydrogen-bond acceptors (Lipinski definition) is 5. The van der Waals surface area contributed by atoms with E-state index in [2.05, 4.69) is 20.8 Å². The number of aromatic nitrogens is 2. The van der Waals surface area contributed by atoms with Gasteiger partial charge in [0.05, 0.1) is 12.8 Å². The molecule has 0 radical (unpaired) electrons. The molecule has 2 amide bonds. The largest absolute Gasteiger partial charge is 0.495 e. The van der Waals surface area contributed by atoms with E-state index >= 15 is 0 Å². The van der Waals surface area contributed by atoms with E-state index in [1.54, 1.807) is 18.2 Å². The predicted molar refractivity (Wildman–Crippen MR) is 85.4 cm³/mol. The fraction of sp³-hybridized carbons (Fsp3) is 0.0625. The number of amides is 2. The Morgan fingerprint density at radius 1 is 1.00 bits per heavy atom. The zero-order chi connectivity index (χ0) is 16.1. The van der Waals surface area contributed by atoms with Crippen LogP contribution in [0.15, 0.2) is 59.0 Å². The second-order valence-electron chi connectivity index (χ2n) is 4.56. The van der Waals surface area contributed by atoms with Crippen molar-refractivity contribution in [2.45, 2.75) is 0 Å². The molecule has 3 rings (SSSR count). The van der Waals surface area contributed by atoms with Crippen molar-refractivity contribution in [1.82, 2.24) is 10.2 Å². The van der Waals surface area contributed by atoms with Crippen LogP contribution in [-0.4, -0.2) is 23.3 Å². The number of urea groups is 1. The second kappa shape index (κ2) is 6.61. The molecule has 0 aliphatic rings. The summed E-state index contributed by atoms with van der Waals surface area (Å²) >= 11 is 0. The highest BCUT2D eigenvalue weighted by atomic mass is 16.5. The number of nitrogens with zero attached hydrogens (tertiary/aromatic N) is 2. The summed E-state index contributed by atoms with van der Waals surface area (Å²) < 4.78 is 10.6. The molecule has 2 N–H and O–H groups in total. The molecule has 1 heterocycles. The van der Waals surface area contributed by atoms with Crippen LogP contribution in [0.5, 0.6) is 5.75 Å². The second-order valence-corrected chi connectivity index (χ2v) is 4.56. The molecule has 7 heteroatoms.